The number of aliphatic hydroxyl groups excluding tert-OH is 3. The van der Waals surface area contributed by atoms with Crippen LogP contribution in [-0.4, -0.2) is 59.7 Å². The van der Waals surface area contributed by atoms with Crippen LogP contribution in [0.5, 0.6) is 11.5 Å². The van der Waals surface area contributed by atoms with Crippen molar-refractivity contribution in [3.05, 3.63) is 60.2 Å². The fraction of sp³-hybridized carbons (Fsp3) is 0.400. The maximum atomic E-state index is 10.6. The van der Waals surface area contributed by atoms with Gasteiger partial charge in [0, 0.05) is 0 Å². The monoisotopic (exact) mass is 376 g/mol. The standard InChI is InChI=1S/C20H24O7/c1-24-14-9-7-13(8-10-14)12-25-19-17(22)16(11-21)27-20(18(19)23)26-15-5-3-2-4-6-15/h2-10,16-23H,11-12H2,1H3/t16-,17-,18-,19+,20-/m1/s1. The molecule has 3 N–H and O–H groups in total. The van der Waals surface area contributed by atoms with E-state index < -0.39 is 37.3 Å². The summed E-state index contributed by atoms with van der Waals surface area (Å²) >= 11 is 0. The molecular weight excluding hydrogens is 352 g/mol. The molecule has 146 valence electrons. The van der Waals surface area contributed by atoms with E-state index in [1.165, 1.54) is 0 Å². The molecule has 1 aliphatic rings. The molecule has 2 aromatic rings. The van der Waals surface area contributed by atoms with Gasteiger partial charge in [-0.05, 0) is 29.8 Å². The number of methoxy groups -OCH3 is 1. The molecule has 0 radical (unpaired) electrons. The second kappa shape index (κ2) is 9.16. The third kappa shape index (κ3) is 4.77. The lowest BCUT2D eigenvalue weighted by Crippen LogP contribution is -2.60. The number of aliphatic hydroxyl groups is 3. The smallest absolute Gasteiger partial charge is 0.229 e. The van der Waals surface area contributed by atoms with Gasteiger partial charge in [-0.25, -0.2) is 0 Å². The van der Waals surface area contributed by atoms with Gasteiger partial charge in [0.1, 0.15) is 35.9 Å². The number of hydrogen-bond acceptors (Lipinski definition) is 7. The quantitative estimate of drug-likeness (QED) is 0.666. The highest BCUT2D eigenvalue weighted by atomic mass is 16.7. The minimum atomic E-state index is -1.23. The van der Waals surface area contributed by atoms with Gasteiger partial charge in [-0.1, -0.05) is 30.3 Å². The lowest BCUT2D eigenvalue weighted by Gasteiger charge is -2.41. The van der Waals surface area contributed by atoms with Gasteiger partial charge in [0.2, 0.25) is 6.29 Å². The molecule has 3 rings (SSSR count). The third-order valence-electron chi connectivity index (χ3n) is 4.42. The number of para-hydroxylation sites is 1. The van der Waals surface area contributed by atoms with Gasteiger partial charge in [-0.15, -0.1) is 0 Å². The molecule has 1 fully saturated rings. The fourth-order valence-corrected chi connectivity index (χ4v) is 2.89. The molecule has 1 saturated heterocycles. The van der Waals surface area contributed by atoms with Crippen LogP contribution in [0.4, 0.5) is 0 Å². The third-order valence-corrected chi connectivity index (χ3v) is 4.42. The predicted molar refractivity (Wildman–Crippen MR) is 96.4 cm³/mol. The highest BCUT2D eigenvalue weighted by Gasteiger charge is 2.46. The number of hydrogen-bond donors (Lipinski definition) is 3. The van der Waals surface area contributed by atoms with Crippen molar-refractivity contribution >= 4 is 0 Å². The summed E-state index contributed by atoms with van der Waals surface area (Å²) in [6.07, 6.45) is -5.41. The molecule has 0 unspecified atom stereocenters. The summed E-state index contributed by atoms with van der Waals surface area (Å²) in [6.45, 7) is -0.260. The van der Waals surface area contributed by atoms with Crippen molar-refractivity contribution in [2.24, 2.45) is 0 Å². The molecule has 0 spiro atoms. The summed E-state index contributed by atoms with van der Waals surface area (Å²) in [7, 11) is 1.59. The molecule has 0 saturated carbocycles. The van der Waals surface area contributed by atoms with Crippen molar-refractivity contribution in [2.45, 2.75) is 37.3 Å². The minimum Gasteiger partial charge on any atom is -0.497 e. The zero-order valence-corrected chi connectivity index (χ0v) is 15.0. The highest BCUT2D eigenvalue weighted by Crippen LogP contribution is 2.27. The topological polar surface area (TPSA) is 97.6 Å². The van der Waals surface area contributed by atoms with Crippen molar-refractivity contribution in [3.8, 4) is 11.5 Å². The van der Waals surface area contributed by atoms with Crippen molar-refractivity contribution < 1.29 is 34.3 Å². The highest BCUT2D eigenvalue weighted by molar-refractivity contribution is 5.26. The lowest BCUT2D eigenvalue weighted by atomic mass is 9.99. The first-order valence-corrected chi connectivity index (χ1v) is 8.71. The van der Waals surface area contributed by atoms with E-state index in [4.69, 9.17) is 18.9 Å². The van der Waals surface area contributed by atoms with E-state index >= 15 is 0 Å². The van der Waals surface area contributed by atoms with Crippen LogP contribution in [-0.2, 0) is 16.1 Å². The Balaban J connectivity index is 1.68. The normalized spacial score (nSPS) is 27.9. The summed E-state index contributed by atoms with van der Waals surface area (Å²) in [4.78, 5) is 0. The van der Waals surface area contributed by atoms with Gasteiger partial charge < -0.3 is 34.3 Å². The second-order valence-electron chi connectivity index (χ2n) is 6.26. The predicted octanol–water partition coefficient (Wildman–Crippen LogP) is 1.10. The lowest BCUT2D eigenvalue weighted by molar-refractivity contribution is -0.287. The second-order valence-corrected chi connectivity index (χ2v) is 6.26. The first kappa shape index (κ1) is 19.6. The number of benzene rings is 2. The van der Waals surface area contributed by atoms with Crippen molar-refractivity contribution in [3.63, 3.8) is 0 Å². The van der Waals surface area contributed by atoms with E-state index in [-0.39, 0.29) is 6.61 Å². The summed E-state index contributed by atoms with van der Waals surface area (Å²) in [6, 6.07) is 16.1. The van der Waals surface area contributed by atoms with Crippen LogP contribution in [0, 0.1) is 0 Å². The van der Waals surface area contributed by atoms with Crippen LogP contribution >= 0.6 is 0 Å². The van der Waals surface area contributed by atoms with Gasteiger partial charge in [0.15, 0.2) is 0 Å². The Bertz CT molecular complexity index is 691. The Morgan fingerprint density at radius 1 is 0.926 bits per heavy atom. The molecule has 7 heteroatoms. The van der Waals surface area contributed by atoms with Crippen molar-refractivity contribution in [1.29, 1.82) is 0 Å². The molecule has 2 aromatic carbocycles. The fourth-order valence-electron chi connectivity index (χ4n) is 2.89. The van der Waals surface area contributed by atoms with E-state index in [0.717, 1.165) is 11.3 Å². The van der Waals surface area contributed by atoms with E-state index in [1.807, 2.05) is 18.2 Å². The zero-order chi connectivity index (χ0) is 19.2. The maximum Gasteiger partial charge on any atom is 0.229 e. The first-order chi connectivity index (χ1) is 13.1. The summed E-state index contributed by atoms with van der Waals surface area (Å²) < 4.78 is 22.0. The van der Waals surface area contributed by atoms with Crippen LogP contribution in [0.1, 0.15) is 5.56 Å². The van der Waals surface area contributed by atoms with Gasteiger partial charge in [0.05, 0.1) is 20.3 Å². The Labute approximate surface area is 157 Å². The molecule has 1 aliphatic heterocycles. The Kier molecular flexibility index (Phi) is 6.65. The molecular formula is C20H24O7. The summed E-state index contributed by atoms with van der Waals surface area (Å²) in [5, 5.41) is 30.5. The van der Waals surface area contributed by atoms with Gasteiger partial charge >= 0.3 is 0 Å². The van der Waals surface area contributed by atoms with Gasteiger partial charge in [-0.3, -0.25) is 0 Å². The molecule has 7 nitrogen and oxygen atoms in total. The maximum absolute atomic E-state index is 10.6. The van der Waals surface area contributed by atoms with E-state index in [1.54, 1.807) is 43.5 Å². The molecule has 5 atom stereocenters. The molecule has 0 bridgehead atoms. The number of rotatable bonds is 7. The summed E-state index contributed by atoms with van der Waals surface area (Å²) in [5.74, 6) is 1.23. The molecule has 0 amide bonds. The first-order valence-electron chi connectivity index (χ1n) is 8.71. The largest absolute Gasteiger partial charge is 0.497 e. The van der Waals surface area contributed by atoms with Crippen molar-refractivity contribution in [2.75, 3.05) is 13.7 Å². The van der Waals surface area contributed by atoms with E-state index in [2.05, 4.69) is 0 Å². The van der Waals surface area contributed by atoms with Crippen molar-refractivity contribution in [1.82, 2.24) is 0 Å². The molecule has 27 heavy (non-hydrogen) atoms. The van der Waals surface area contributed by atoms with Crippen LogP contribution in [0.2, 0.25) is 0 Å². The Morgan fingerprint density at radius 2 is 1.63 bits per heavy atom. The molecule has 0 aliphatic carbocycles. The molecule has 1 heterocycles. The Morgan fingerprint density at radius 3 is 2.26 bits per heavy atom. The van der Waals surface area contributed by atoms with Gasteiger partial charge in [0.25, 0.3) is 0 Å². The van der Waals surface area contributed by atoms with Crippen LogP contribution in [0.25, 0.3) is 0 Å². The number of ether oxygens (including phenoxy) is 4. The zero-order valence-electron chi connectivity index (χ0n) is 15.0. The average Bonchev–Trinajstić information content (AvgIpc) is 2.71. The Hall–Kier alpha value is -2.16. The minimum absolute atomic E-state index is 0.166. The SMILES string of the molecule is COc1ccc(CO[C@@H]2[C@@H](O)[C@H](Oc3ccccc3)O[C@H](CO)[C@H]2O)cc1. The van der Waals surface area contributed by atoms with E-state index in [9.17, 15) is 15.3 Å². The average molecular weight is 376 g/mol. The molecule has 0 aromatic heterocycles. The van der Waals surface area contributed by atoms with Crippen LogP contribution < -0.4 is 9.47 Å². The van der Waals surface area contributed by atoms with Gasteiger partial charge in [-0.2, -0.15) is 0 Å². The van der Waals surface area contributed by atoms with Crippen LogP contribution in [0.3, 0.4) is 0 Å². The van der Waals surface area contributed by atoms with Crippen LogP contribution in [0.15, 0.2) is 54.6 Å². The van der Waals surface area contributed by atoms with E-state index in [0.29, 0.717) is 5.75 Å². The summed E-state index contributed by atoms with van der Waals surface area (Å²) in [5.41, 5.74) is 0.850.